The second-order valence-corrected chi connectivity index (χ2v) is 5.27. The lowest BCUT2D eigenvalue weighted by molar-refractivity contribution is -0.137. The molecule has 0 aliphatic carbocycles. The monoisotopic (exact) mass is 289 g/mol. The van der Waals surface area contributed by atoms with Crippen molar-refractivity contribution in [2.45, 2.75) is 26.9 Å². The van der Waals surface area contributed by atoms with Gasteiger partial charge in [0.25, 0.3) is 0 Å². The summed E-state index contributed by atoms with van der Waals surface area (Å²) in [4.78, 5) is 22.8. The van der Waals surface area contributed by atoms with Gasteiger partial charge in [0.15, 0.2) is 0 Å². The van der Waals surface area contributed by atoms with Gasteiger partial charge in [-0.05, 0) is 18.2 Å². The molecule has 1 aromatic rings. The van der Waals surface area contributed by atoms with E-state index in [1.54, 1.807) is 20.8 Å². The Balaban J connectivity index is 3.22. The Hall–Kier alpha value is -2.05. The zero-order valence-corrected chi connectivity index (χ0v) is 11.1. The quantitative estimate of drug-likeness (QED) is 0.877. The van der Waals surface area contributed by atoms with Gasteiger partial charge in [0, 0.05) is 5.41 Å². The summed E-state index contributed by atoms with van der Waals surface area (Å²) in [5.41, 5.74) is -2.63. The summed E-state index contributed by atoms with van der Waals surface area (Å²) < 4.78 is 37.6. The summed E-state index contributed by atoms with van der Waals surface area (Å²) in [7, 11) is 0. The molecule has 0 atom stereocenters. The highest BCUT2D eigenvalue weighted by Gasteiger charge is 2.32. The molecule has 20 heavy (non-hydrogen) atoms. The molecule has 1 rings (SSSR count). The van der Waals surface area contributed by atoms with Crippen molar-refractivity contribution in [3.8, 4) is 0 Å². The van der Waals surface area contributed by atoms with Crippen LogP contribution in [-0.4, -0.2) is 17.0 Å². The highest BCUT2D eigenvalue weighted by molar-refractivity contribution is 6.02. The van der Waals surface area contributed by atoms with E-state index in [1.165, 1.54) is 0 Å². The van der Waals surface area contributed by atoms with Gasteiger partial charge < -0.3 is 10.4 Å². The minimum absolute atomic E-state index is 0.162. The molecule has 0 spiro atoms. The van der Waals surface area contributed by atoms with E-state index in [2.05, 4.69) is 5.32 Å². The van der Waals surface area contributed by atoms with Gasteiger partial charge in [0.2, 0.25) is 5.91 Å². The Morgan fingerprint density at radius 1 is 1.15 bits per heavy atom. The molecule has 110 valence electrons. The zero-order chi connectivity index (χ0) is 15.7. The van der Waals surface area contributed by atoms with Gasteiger partial charge in [-0.25, -0.2) is 4.79 Å². The number of anilines is 1. The number of carboxylic acid groups (broad SMARTS) is 1. The number of hydrogen-bond acceptors (Lipinski definition) is 2. The maximum absolute atomic E-state index is 12.5. The molecule has 4 nitrogen and oxygen atoms in total. The summed E-state index contributed by atoms with van der Waals surface area (Å²) in [5.74, 6) is -2.03. The first-order valence-corrected chi connectivity index (χ1v) is 5.69. The Bertz CT molecular complexity index is 545. The fraction of sp³-hybridized carbons (Fsp3) is 0.385. The van der Waals surface area contributed by atoms with Gasteiger partial charge in [0.05, 0.1) is 16.8 Å². The first-order valence-electron chi connectivity index (χ1n) is 5.69. The summed E-state index contributed by atoms with van der Waals surface area (Å²) in [6, 6.07) is 2.17. The SMILES string of the molecule is CC(C)(C)C(=O)Nc1ccc(C(F)(F)F)cc1C(=O)O. The Kier molecular flexibility index (Phi) is 4.12. The van der Waals surface area contributed by atoms with Gasteiger partial charge in [-0.1, -0.05) is 20.8 Å². The van der Waals surface area contributed by atoms with Crippen molar-refractivity contribution < 1.29 is 27.9 Å². The van der Waals surface area contributed by atoms with Crippen LogP contribution in [0, 0.1) is 5.41 Å². The van der Waals surface area contributed by atoms with Crippen LogP contribution in [0.3, 0.4) is 0 Å². The summed E-state index contributed by atoms with van der Waals surface area (Å²) >= 11 is 0. The van der Waals surface area contributed by atoms with Crippen LogP contribution in [0.5, 0.6) is 0 Å². The maximum atomic E-state index is 12.5. The van der Waals surface area contributed by atoms with Crippen LogP contribution >= 0.6 is 0 Å². The second kappa shape index (κ2) is 5.15. The van der Waals surface area contributed by atoms with E-state index in [4.69, 9.17) is 5.11 Å². The summed E-state index contributed by atoms with van der Waals surface area (Å²) in [6.07, 6.45) is -4.64. The maximum Gasteiger partial charge on any atom is 0.416 e. The molecule has 0 heterocycles. The number of carbonyl (C=O) groups is 2. The zero-order valence-electron chi connectivity index (χ0n) is 11.1. The van der Waals surface area contributed by atoms with Gasteiger partial charge in [-0.15, -0.1) is 0 Å². The molecule has 0 bridgehead atoms. The number of carboxylic acids is 1. The molecule has 1 amide bonds. The average molecular weight is 289 g/mol. The molecule has 0 fully saturated rings. The average Bonchev–Trinajstić information content (AvgIpc) is 2.26. The predicted octanol–water partition coefficient (Wildman–Crippen LogP) is 3.39. The van der Waals surface area contributed by atoms with Crippen LogP contribution in [-0.2, 0) is 11.0 Å². The summed E-state index contributed by atoms with van der Waals surface area (Å²) in [5, 5.41) is 11.3. The molecule has 0 radical (unpaired) electrons. The Morgan fingerprint density at radius 3 is 2.10 bits per heavy atom. The van der Waals surface area contributed by atoms with Crippen molar-refractivity contribution in [1.29, 1.82) is 0 Å². The molecule has 0 aromatic heterocycles. The number of halogens is 3. The Morgan fingerprint density at radius 2 is 1.70 bits per heavy atom. The van der Waals surface area contributed by atoms with E-state index in [0.29, 0.717) is 6.07 Å². The van der Waals surface area contributed by atoms with Crippen LogP contribution < -0.4 is 5.32 Å². The third kappa shape index (κ3) is 3.72. The molecule has 0 saturated carbocycles. The molecule has 0 saturated heterocycles. The topological polar surface area (TPSA) is 66.4 Å². The van der Waals surface area contributed by atoms with Crippen LogP contribution in [0.2, 0.25) is 0 Å². The number of nitrogens with one attached hydrogen (secondary N) is 1. The number of benzene rings is 1. The molecule has 1 aromatic carbocycles. The number of rotatable bonds is 2. The number of amides is 1. The molecule has 0 aliphatic rings. The van der Waals surface area contributed by atoms with Crippen molar-refractivity contribution in [2.24, 2.45) is 5.41 Å². The molecular formula is C13H14F3NO3. The van der Waals surface area contributed by atoms with Crippen LogP contribution in [0.15, 0.2) is 18.2 Å². The highest BCUT2D eigenvalue weighted by Crippen LogP contribution is 2.32. The van der Waals surface area contributed by atoms with E-state index in [1.807, 2.05) is 0 Å². The lowest BCUT2D eigenvalue weighted by Gasteiger charge is -2.19. The fourth-order valence-corrected chi connectivity index (χ4v) is 1.32. The van der Waals surface area contributed by atoms with Gasteiger partial charge >= 0.3 is 12.1 Å². The van der Waals surface area contributed by atoms with Crippen LogP contribution in [0.25, 0.3) is 0 Å². The van der Waals surface area contributed by atoms with E-state index in [-0.39, 0.29) is 5.69 Å². The van der Waals surface area contributed by atoms with E-state index >= 15 is 0 Å². The predicted molar refractivity (Wildman–Crippen MR) is 66.5 cm³/mol. The van der Waals surface area contributed by atoms with E-state index < -0.39 is 34.6 Å². The number of hydrogen-bond donors (Lipinski definition) is 2. The molecule has 7 heteroatoms. The molecule has 0 aliphatic heterocycles. The second-order valence-electron chi connectivity index (χ2n) is 5.27. The Labute approximate surface area is 113 Å². The number of carbonyl (C=O) groups excluding carboxylic acids is 1. The van der Waals surface area contributed by atoms with Gasteiger partial charge in [-0.3, -0.25) is 4.79 Å². The third-order valence-corrected chi connectivity index (χ3v) is 2.51. The lowest BCUT2D eigenvalue weighted by Crippen LogP contribution is -2.28. The van der Waals surface area contributed by atoms with Gasteiger partial charge in [0.1, 0.15) is 0 Å². The lowest BCUT2D eigenvalue weighted by atomic mass is 9.95. The highest BCUT2D eigenvalue weighted by atomic mass is 19.4. The molecule has 0 unspecified atom stereocenters. The standard InChI is InChI=1S/C13H14F3NO3/c1-12(2,3)11(20)17-9-5-4-7(13(14,15)16)6-8(9)10(18)19/h4-6H,1-3H3,(H,17,20)(H,18,19). The third-order valence-electron chi connectivity index (χ3n) is 2.51. The first kappa shape index (κ1) is 16.0. The molecule has 2 N–H and O–H groups in total. The van der Waals surface area contributed by atoms with Crippen LogP contribution in [0.4, 0.5) is 18.9 Å². The molecular weight excluding hydrogens is 275 g/mol. The normalized spacial score (nSPS) is 12.1. The van der Waals surface area contributed by atoms with Crippen molar-refractivity contribution in [3.05, 3.63) is 29.3 Å². The smallest absolute Gasteiger partial charge is 0.416 e. The van der Waals surface area contributed by atoms with Crippen LogP contribution in [0.1, 0.15) is 36.7 Å². The summed E-state index contributed by atoms with van der Waals surface area (Å²) in [6.45, 7) is 4.81. The minimum atomic E-state index is -4.64. The minimum Gasteiger partial charge on any atom is -0.478 e. The van der Waals surface area contributed by atoms with Crippen molar-refractivity contribution in [3.63, 3.8) is 0 Å². The first-order chi connectivity index (χ1) is 8.93. The largest absolute Gasteiger partial charge is 0.478 e. The van der Waals surface area contributed by atoms with E-state index in [0.717, 1.165) is 12.1 Å². The van der Waals surface area contributed by atoms with Gasteiger partial charge in [-0.2, -0.15) is 13.2 Å². The van der Waals surface area contributed by atoms with E-state index in [9.17, 15) is 22.8 Å². The number of aromatic carboxylic acids is 1. The fourth-order valence-electron chi connectivity index (χ4n) is 1.32. The number of alkyl halides is 3. The van der Waals surface area contributed by atoms with Crippen molar-refractivity contribution >= 4 is 17.6 Å². The van der Waals surface area contributed by atoms with Crippen molar-refractivity contribution in [2.75, 3.05) is 5.32 Å². The van der Waals surface area contributed by atoms with Crippen molar-refractivity contribution in [1.82, 2.24) is 0 Å².